The zero-order chi connectivity index (χ0) is 52.6. The summed E-state index contributed by atoms with van der Waals surface area (Å²) in [6.45, 7) is 3.37. The van der Waals surface area contributed by atoms with Gasteiger partial charge in [0, 0.05) is 52.1 Å². The maximum atomic E-state index is 15.5. The monoisotopic (exact) mass is 1010 g/mol. The predicted octanol–water partition coefficient (Wildman–Crippen LogP) is 1.64. The van der Waals surface area contributed by atoms with E-state index in [1.54, 1.807) is 50.2 Å². The number of nitrogens with zero attached hydrogens (tertiary/aromatic N) is 3. The van der Waals surface area contributed by atoms with Gasteiger partial charge in [-0.3, -0.25) is 38.4 Å². The summed E-state index contributed by atoms with van der Waals surface area (Å²) >= 11 is 0. The molecule has 5 heterocycles. The van der Waals surface area contributed by atoms with Crippen LogP contribution in [0.5, 0.6) is 0 Å². The number of aromatic nitrogens is 2. The van der Waals surface area contributed by atoms with E-state index in [0.29, 0.717) is 46.4 Å². The number of benzene rings is 3. The molecule has 0 unspecified atom stereocenters. The number of esters is 1. The number of pyridine rings is 2. The van der Waals surface area contributed by atoms with Crippen molar-refractivity contribution in [1.29, 1.82) is 0 Å². The van der Waals surface area contributed by atoms with Crippen molar-refractivity contribution < 1.29 is 57.3 Å². The highest BCUT2D eigenvalue weighted by molar-refractivity contribution is 6.28. The molecule has 3 aromatic carbocycles. The highest BCUT2D eigenvalue weighted by Gasteiger charge is 2.47. The average Bonchev–Trinajstić information content (AvgIpc) is 3.97. The van der Waals surface area contributed by atoms with Crippen molar-refractivity contribution in [2.45, 2.75) is 76.7 Å². The number of hydrogen-bond donors (Lipinski definition) is 6. The van der Waals surface area contributed by atoms with E-state index in [-0.39, 0.29) is 61.7 Å². The second-order valence-corrected chi connectivity index (χ2v) is 18.8. The number of hydrogen-bond acceptors (Lipinski definition) is 13. The molecule has 0 spiro atoms. The summed E-state index contributed by atoms with van der Waals surface area (Å²) in [6, 6.07) is 16.3. The van der Waals surface area contributed by atoms with E-state index in [2.05, 4.69) is 26.6 Å². The topological polar surface area (TPSA) is 274 Å². The van der Waals surface area contributed by atoms with Crippen LogP contribution in [-0.2, 0) is 80.0 Å². The Morgan fingerprint density at radius 3 is 2.32 bits per heavy atom. The SMILES string of the molecule is CC[C@@]1(O)C(=O)OCc2c1cc1n(c2=O)Cc2c-1nc1cc(F)c(C)c3c1c2[C@](C)(COCNC(=O)CNC(=O)[C@H](Cc1ccccc1)NC(=O)CNC(=O)CNC(=O)c1cccc(N2C(=O)C=CC2=O)c1)CC3. The fraction of sp³-hybridized carbons (Fsp3) is 0.321. The molecule has 9 rings (SSSR count). The van der Waals surface area contributed by atoms with Crippen molar-refractivity contribution in [3.05, 3.63) is 140 Å². The summed E-state index contributed by atoms with van der Waals surface area (Å²) in [5, 5.41) is 24.7. The maximum Gasteiger partial charge on any atom is 0.343 e. The van der Waals surface area contributed by atoms with Crippen molar-refractivity contribution in [2.24, 2.45) is 0 Å². The fourth-order valence-corrected chi connectivity index (χ4v) is 10.0. The van der Waals surface area contributed by atoms with E-state index in [4.69, 9.17) is 14.5 Å². The molecule has 20 nitrogen and oxygen atoms in total. The van der Waals surface area contributed by atoms with E-state index in [1.807, 2.05) is 6.92 Å². The zero-order valence-corrected chi connectivity index (χ0v) is 40.5. The molecule has 2 aromatic heterocycles. The van der Waals surface area contributed by atoms with Crippen LogP contribution in [0.3, 0.4) is 0 Å². The van der Waals surface area contributed by atoms with Crippen molar-refractivity contribution in [1.82, 2.24) is 36.1 Å². The van der Waals surface area contributed by atoms with Gasteiger partial charge in [-0.1, -0.05) is 50.2 Å². The van der Waals surface area contributed by atoms with Crippen LogP contribution in [0.2, 0.25) is 0 Å². The molecule has 0 saturated heterocycles. The molecule has 382 valence electrons. The molecule has 6 N–H and O–H groups in total. The molecule has 3 aliphatic heterocycles. The van der Waals surface area contributed by atoms with Crippen LogP contribution in [0, 0.1) is 12.7 Å². The van der Waals surface area contributed by atoms with Crippen LogP contribution in [-0.4, -0.2) is 101 Å². The van der Waals surface area contributed by atoms with Gasteiger partial charge in [0.25, 0.3) is 23.3 Å². The first kappa shape index (κ1) is 50.5. The summed E-state index contributed by atoms with van der Waals surface area (Å²) in [7, 11) is 0. The second-order valence-electron chi connectivity index (χ2n) is 18.8. The number of cyclic esters (lactones) is 1. The number of aliphatic hydroxyl groups is 1. The van der Waals surface area contributed by atoms with E-state index in [9.17, 15) is 48.3 Å². The lowest BCUT2D eigenvalue weighted by Crippen LogP contribution is -2.52. The molecule has 7 amide bonds. The first-order chi connectivity index (χ1) is 35.4. The third-order valence-electron chi connectivity index (χ3n) is 14.0. The molecule has 0 saturated carbocycles. The lowest BCUT2D eigenvalue weighted by Gasteiger charge is -2.37. The highest BCUT2D eigenvalue weighted by atomic mass is 19.1. The maximum absolute atomic E-state index is 15.5. The highest BCUT2D eigenvalue weighted by Crippen LogP contribution is 2.49. The molecule has 0 radical (unpaired) electrons. The van der Waals surface area contributed by atoms with Gasteiger partial charge in [0.2, 0.25) is 23.6 Å². The van der Waals surface area contributed by atoms with E-state index in [0.717, 1.165) is 33.6 Å². The van der Waals surface area contributed by atoms with Crippen LogP contribution >= 0.6 is 0 Å². The molecule has 74 heavy (non-hydrogen) atoms. The van der Waals surface area contributed by atoms with Gasteiger partial charge in [-0.2, -0.15) is 0 Å². The number of carbonyl (C=O) groups excluding carboxylic acids is 8. The minimum Gasteiger partial charge on any atom is -0.458 e. The minimum absolute atomic E-state index is 0.0327. The van der Waals surface area contributed by atoms with Crippen LogP contribution < -0.4 is 37.0 Å². The Morgan fingerprint density at radius 1 is 0.865 bits per heavy atom. The molecular formula is C53H51FN8O12. The quantitative estimate of drug-likeness (QED) is 0.0329. The van der Waals surface area contributed by atoms with E-state index >= 15 is 4.39 Å². The second kappa shape index (κ2) is 20.2. The molecular weight excluding hydrogens is 960 g/mol. The fourth-order valence-electron chi connectivity index (χ4n) is 10.0. The summed E-state index contributed by atoms with van der Waals surface area (Å²) in [5.41, 5.74) is 2.02. The van der Waals surface area contributed by atoms with Crippen LogP contribution in [0.4, 0.5) is 10.1 Å². The van der Waals surface area contributed by atoms with E-state index in [1.165, 1.54) is 34.9 Å². The predicted molar refractivity (Wildman–Crippen MR) is 262 cm³/mol. The number of fused-ring (bicyclic) bond motifs is 5. The van der Waals surface area contributed by atoms with Crippen molar-refractivity contribution in [3.8, 4) is 11.4 Å². The molecule has 3 atom stereocenters. The number of halogens is 1. The molecule has 5 aromatic rings. The number of carbonyl (C=O) groups is 8. The summed E-state index contributed by atoms with van der Waals surface area (Å²) in [6.07, 6.45) is 3.22. The first-order valence-electron chi connectivity index (χ1n) is 23.9. The van der Waals surface area contributed by atoms with Gasteiger partial charge in [0.05, 0.1) is 60.9 Å². The van der Waals surface area contributed by atoms with Crippen molar-refractivity contribution in [3.63, 3.8) is 0 Å². The third kappa shape index (κ3) is 9.53. The van der Waals surface area contributed by atoms with Crippen molar-refractivity contribution in [2.75, 3.05) is 37.9 Å². The van der Waals surface area contributed by atoms with Gasteiger partial charge in [0.1, 0.15) is 25.2 Å². The Bertz CT molecular complexity index is 3300. The third-order valence-corrected chi connectivity index (χ3v) is 14.0. The molecule has 0 fully saturated rings. The van der Waals surface area contributed by atoms with Crippen molar-refractivity contribution >= 4 is 63.9 Å². The number of rotatable bonds is 17. The van der Waals surface area contributed by atoms with Crippen LogP contribution in [0.1, 0.15) is 76.0 Å². The number of amides is 7. The smallest absolute Gasteiger partial charge is 0.343 e. The Morgan fingerprint density at radius 2 is 1.58 bits per heavy atom. The standard InChI is InChI=1S/C53H51FN8O12/c1-4-53(72)35-19-39-47-33(24-61(39)50(70)34(35)25-74-51(53)71)46-45-32(28(2)36(54)20-37(45)60-47)15-16-52(46,3)26-73-27-58-41(64)22-57-49(69)38(17-29-9-6-5-7-10-29)59-42(65)23-55-40(63)21-56-48(68)30-11-8-12-31(18-30)62-43(66)13-14-44(62)67/h5-14,18-20,38,72H,4,15-17,21-27H2,1-3H3,(H,55,63)(H,56,68)(H,57,69)(H,58,64)(H,59,65)/t38-,52-,53-/m0/s1. The number of anilines is 1. The summed E-state index contributed by atoms with van der Waals surface area (Å²) in [4.78, 5) is 122. The number of nitrogens with one attached hydrogen (secondary N) is 5. The molecule has 1 aliphatic carbocycles. The largest absolute Gasteiger partial charge is 0.458 e. The Kier molecular flexibility index (Phi) is 13.8. The Labute approximate surface area is 421 Å². The van der Waals surface area contributed by atoms with Crippen LogP contribution in [0.25, 0.3) is 22.3 Å². The number of aryl methyl sites for hydroxylation is 1. The van der Waals surface area contributed by atoms with Gasteiger partial charge < -0.3 is 45.7 Å². The lowest BCUT2D eigenvalue weighted by molar-refractivity contribution is -0.172. The molecule has 0 bridgehead atoms. The van der Waals surface area contributed by atoms with Gasteiger partial charge >= 0.3 is 5.97 Å². The first-order valence-corrected chi connectivity index (χ1v) is 23.9. The van der Waals surface area contributed by atoms with Gasteiger partial charge in [-0.25, -0.2) is 19.1 Å². The number of imide groups is 1. The molecule has 21 heteroatoms. The lowest BCUT2D eigenvalue weighted by atomic mass is 9.69. The van der Waals surface area contributed by atoms with E-state index < -0.39 is 95.4 Å². The Hall–Kier alpha value is -8.43. The van der Waals surface area contributed by atoms with Gasteiger partial charge in [-0.15, -0.1) is 0 Å². The normalized spacial score (nSPS) is 18.5. The number of ether oxygens (including phenoxy) is 2. The summed E-state index contributed by atoms with van der Waals surface area (Å²) in [5.74, 6) is -5.85. The Balaban J connectivity index is 0.808. The van der Waals surface area contributed by atoms with Gasteiger partial charge in [0.15, 0.2) is 5.60 Å². The summed E-state index contributed by atoms with van der Waals surface area (Å²) < 4.78 is 28.4. The van der Waals surface area contributed by atoms with Gasteiger partial charge in [-0.05, 0) is 72.7 Å². The average molecular weight is 1010 g/mol. The zero-order valence-electron chi connectivity index (χ0n) is 40.5. The minimum atomic E-state index is -2.03. The molecule has 4 aliphatic rings. The van der Waals surface area contributed by atoms with Crippen LogP contribution in [0.15, 0.2) is 83.7 Å².